The van der Waals surface area contributed by atoms with E-state index in [-0.39, 0.29) is 16.2 Å². The molecular formula is C36H63F3. The van der Waals surface area contributed by atoms with Gasteiger partial charge in [-0.1, -0.05) is 151 Å². The third-order valence-electron chi connectivity index (χ3n) is 6.18. The van der Waals surface area contributed by atoms with E-state index in [0.717, 1.165) is 11.1 Å². The molecule has 0 amide bonds. The summed E-state index contributed by atoms with van der Waals surface area (Å²) in [4.78, 5) is 0. The standard InChI is InChI=1S/C15H21F3.C15H24.3C2H6/c1-10-7-11(13(2,3)4)9-12(8-10)14(5,6)15(16,17)18;1-11-8-12(14(2,3)4)10-13(9-11)15(5,6)7;3*1-2/h7-9H,1-6H3;8-10H,1-7H3;3*1-2H3. The second-order valence-corrected chi connectivity index (χ2v) is 13.0. The Labute approximate surface area is 242 Å². The van der Waals surface area contributed by atoms with Crippen LogP contribution in [0.15, 0.2) is 36.4 Å². The quantitative estimate of drug-likeness (QED) is 0.330. The van der Waals surface area contributed by atoms with Crippen LogP contribution < -0.4 is 0 Å². The summed E-state index contributed by atoms with van der Waals surface area (Å²) < 4.78 is 39.2. The average Bonchev–Trinajstić information content (AvgIpc) is 2.80. The zero-order valence-electron chi connectivity index (χ0n) is 29.1. The van der Waals surface area contributed by atoms with Gasteiger partial charge in [-0.05, 0) is 66.2 Å². The van der Waals surface area contributed by atoms with Crippen LogP contribution in [0.2, 0.25) is 0 Å². The van der Waals surface area contributed by atoms with Gasteiger partial charge in [0.2, 0.25) is 0 Å². The minimum Gasteiger partial charge on any atom is -0.170 e. The second-order valence-electron chi connectivity index (χ2n) is 13.0. The first kappa shape index (κ1) is 41.7. The Balaban J connectivity index is -0.000000563. The first-order chi connectivity index (χ1) is 17.5. The summed E-state index contributed by atoms with van der Waals surface area (Å²) >= 11 is 0. The maximum Gasteiger partial charge on any atom is 0.397 e. The highest BCUT2D eigenvalue weighted by Crippen LogP contribution is 2.41. The zero-order valence-corrected chi connectivity index (χ0v) is 29.1. The van der Waals surface area contributed by atoms with Gasteiger partial charge >= 0.3 is 6.18 Å². The molecule has 0 aliphatic rings. The molecule has 0 aliphatic carbocycles. The molecule has 228 valence electrons. The lowest BCUT2D eigenvalue weighted by Gasteiger charge is -2.30. The third kappa shape index (κ3) is 13.9. The Morgan fingerprint density at radius 3 is 0.795 bits per heavy atom. The van der Waals surface area contributed by atoms with Crippen LogP contribution in [0.1, 0.15) is 151 Å². The molecule has 2 rings (SSSR count). The Morgan fingerprint density at radius 2 is 0.590 bits per heavy atom. The molecule has 0 aromatic heterocycles. The maximum absolute atomic E-state index is 13.1. The molecule has 0 atom stereocenters. The molecule has 0 saturated heterocycles. The van der Waals surface area contributed by atoms with Crippen LogP contribution in [0.4, 0.5) is 13.2 Å². The van der Waals surface area contributed by atoms with E-state index in [2.05, 4.69) is 66.7 Å². The summed E-state index contributed by atoms with van der Waals surface area (Å²) in [6.45, 7) is 38.1. The van der Waals surface area contributed by atoms with Crippen LogP contribution in [0.5, 0.6) is 0 Å². The molecule has 2 aromatic carbocycles. The zero-order chi connectivity index (χ0) is 32.2. The molecule has 0 nitrogen and oxygen atoms in total. The predicted molar refractivity (Wildman–Crippen MR) is 172 cm³/mol. The van der Waals surface area contributed by atoms with Gasteiger partial charge in [-0.2, -0.15) is 13.2 Å². The Bertz CT molecular complexity index is 909. The van der Waals surface area contributed by atoms with Gasteiger partial charge in [0.05, 0.1) is 5.41 Å². The van der Waals surface area contributed by atoms with Gasteiger partial charge in [0, 0.05) is 0 Å². The third-order valence-corrected chi connectivity index (χ3v) is 6.18. The number of alkyl halides is 3. The van der Waals surface area contributed by atoms with Gasteiger partial charge in [0.15, 0.2) is 0 Å². The molecule has 39 heavy (non-hydrogen) atoms. The van der Waals surface area contributed by atoms with Gasteiger partial charge in [0.25, 0.3) is 0 Å². The van der Waals surface area contributed by atoms with Gasteiger partial charge in [0.1, 0.15) is 0 Å². The van der Waals surface area contributed by atoms with Crippen molar-refractivity contribution in [2.24, 2.45) is 0 Å². The van der Waals surface area contributed by atoms with Crippen LogP contribution in [0.3, 0.4) is 0 Å². The van der Waals surface area contributed by atoms with E-state index < -0.39 is 11.6 Å². The topological polar surface area (TPSA) is 0 Å². The Kier molecular flexibility index (Phi) is 17.6. The highest BCUT2D eigenvalue weighted by Gasteiger charge is 2.48. The smallest absolute Gasteiger partial charge is 0.170 e. The minimum atomic E-state index is -4.24. The number of hydrogen-bond donors (Lipinski definition) is 0. The summed E-state index contributed by atoms with van der Waals surface area (Å²) in [7, 11) is 0. The van der Waals surface area contributed by atoms with Crippen molar-refractivity contribution in [1.82, 2.24) is 0 Å². The molecule has 0 aliphatic heterocycles. The molecule has 0 bridgehead atoms. The van der Waals surface area contributed by atoms with Gasteiger partial charge < -0.3 is 0 Å². The lowest BCUT2D eigenvalue weighted by Crippen LogP contribution is -2.36. The van der Waals surface area contributed by atoms with Gasteiger partial charge in [-0.3, -0.25) is 0 Å². The molecule has 3 heteroatoms. The van der Waals surface area contributed by atoms with Crippen LogP contribution >= 0.6 is 0 Å². The molecule has 0 heterocycles. The predicted octanol–water partition coefficient (Wildman–Crippen LogP) is 12.8. The normalized spacial score (nSPS) is 11.8. The SMILES string of the molecule is CC.CC.CC.Cc1cc(C(C)(C)C)cc(C(C)(C)C(F)(F)F)c1.Cc1cc(C(C)(C)C)cc(C(C)(C)C)c1. The monoisotopic (exact) mass is 552 g/mol. The van der Waals surface area contributed by atoms with Crippen molar-refractivity contribution in [1.29, 1.82) is 0 Å². The molecule has 0 unspecified atom stereocenters. The van der Waals surface area contributed by atoms with Crippen molar-refractivity contribution in [2.75, 3.05) is 0 Å². The van der Waals surface area contributed by atoms with E-state index in [1.54, 1.807) is 12.1 Å². The molecule has 0 N–H and O–H groups in total. The molecule has 0 spiro atoms. The van der Waals surface area contributed by atoms with Crippen LogP contribution in [0.25, 0.3) is 0 Å². The summed E-state index contributed by atoms with van der Waals surface area (Å²) in [6, 6.07) is 12.2. The fraction of sp³-hybridized carbons (Fsp3) is 0.667. The van der Waals surface area contributed by atoms with Crippen molar-refractivity contribution in [3.63, 3.8) is 0 Å². The second kappa shape index (κ2) is 16.5. The van der Waals surface area contributed by atoms with Crippen LogP contribution in [-0.2, 0) is 21.7 Å². The van der Waals surface area contributed by atoms with E-state index in [1.165, 1.54) is 30.5 Å². The highest BCUT2D eigenvalue weighted by atomic mass is 19.4. The summed E-state index contributed by atoms with van der Waals surface area (Å²) in [5, 5.41) is 0. The number of benzene rings is 2. The van der Waals surface area contributed by atoms with Crippen molar-refractivity contribution in [3.05, 3.63) is 69.8 Å². The molecule has 0 saturated carbocycles. The Hall–Kier alpha value is -1.77. The number of halogens is 3. The largest absolute Gasteiger partial charge is 0.397 e. The van der Waals surface area contributed by atoms with E-state index in [9.17, 15) is 13.2 Å². The molecule has 0 radical (unpaired) electrons. The van der Waals surface area contributed by atoms with Crippen molar-refractivity contribution in [2.45, 2.75) is 159 Å². The number of rotatable bonds is 1. The van der Waals surface area contributed by atoms with Crippen molar-refractivity contribution < 1.29 is 13.2 Å². The summed E-state index contributed by atoms with van der Waals surface area (Å²) in [5.41, 5.74) is 4.90. The van der Waals surface area contributed by atoms with E-state index >= 15 is 0 Å². The molecule has 2 aromatic rings. The molecule has 0 fully saturated rings. The Morgan fingerprint density at radius 1 is 0.385 bits per heavy atom. The first-order valence-corrected chi connectivity index (χ1v) is 14.8. The maximum atomic E-state index is 13.1. The highest BCUT2D eigenvalue weighted by molar-refractivity contribution is 5.38. The van der Waals surface area contributed by atoms with E-state index in [1.807, 2.05) is 75.3 Å². The summed E-state index contributed by atoms with van der Waals surface area (Å²) in [6.07, 6.45) is -4.24. The molecular weight excluding hydrogens is 489 g/mol. The van der Waals surface area contributed by atoms with Crippen LogP contribution in [0, 0.1) is 13.8 Å². The lowest BCUT2D eigenvalue weighted by molar-refractivity contribution is -0.180. The fourth-order valence-electron chi connectivity index (χ4n) is 3.39. The van der Waals surface area contributed by atoms with E-state index in [4.69, 9.17) is 0 Å². The van der Waals surface area contributed by atoms with Crippen molar-refractivity contribution in [3.8, 4) is 0 Å². The van der Waals surface area contributed by atoms with Gasteiger partial charge in [-0.15, -0.1) is 0 Å². The first-order valence-electron chi connectivity index (χ1n) is 14.8. The average molecular weight is 553 g/mol. The number of aryl methyl sites for hydroxylation is 2. The van der Waals surface area contributed by atoms with Crippen LogP contribution in [-0.4, -0.2) is 6.18 Å². The van der Waals surface area contributed by atoms with E-state index in [0.29, 0.717) is 5.56 Å². The minimum absolute atomic E-state index is 0.150. The van der Waals surface area contributed by atoms with Crippen molar-refractivity contribution >= 4 is 0 Å². The van der Waals surface area contributed by atoms with Gasteiger partial charge in [-0.25, -0.2) is 0 Å². The number of hydrogen-bond acceptors (Lipinski definition) is 0. The lowest BCUT2D eigenvalue weighted by atomic mass is 9.78. The summed E-state index contributed by atoms with van der Waals surface area (Å²) in [5.74, 6) is 0. The fourth-order valence-corrected chi connectivity index (χ4v) is 3.39.